The lowest BCUT2D eigenvalue weighted by molar-refractivity contribution is 0.0446. The first kappa shape index (κ1) is 14.0. The lowest BCUT2D eigenvalue weighted by atomic mass is 10.1. The zero-order chi connectivity index (χ0) is 15.5. The number of hydrogen-bond acceptors (Lipinski definition) is 4. The Hall–Kier alpha value is -2.95. The third-order valence-electron chi connectivity index (χ3n) is 3.13. The van der Waals surface area contributed by atoms with E-state index >= 15 is 0 Å². The van der Waals surface area contributed by atoms with E-state index in [4.69, 9.17) is 9.15 Å². The number of benzene rings is 2. The first-order valence-electron chi connectivity index (χ1n) is 6.58. The number of esters is 1. The fourth-order valence-electron chi connectivity index (χ4n) is 2.00. The smallest absolute Gasteiger partial charge is 0.374 e. The number of para-hydroxylation sites is 1. The molecule has 0 aliphatic heterocycles. The summed E-state index contributed by atoms with van der Waals surface area (Å²) >= 11 is 0. The topological polar surface area (TPSA) is 56.5 Å². The number of rotatable bonds is 4. The Morgan fingerprint density at radius 2 is 1.77 bits per heavy atom. The summed E-state index contributed by atoms with van der Waals surface area (Å²) in [7, 11) is 0. The molecule has 0 radical (unpaired) electrons. The molecule has 0 saturated carbocycles. The Kier molecular flexibility index (Phi) is 3.70. The Balaban J connectivity index is 1.66. The molecule has 0 aliphatic rings. The average Bonchev–Trinajstić information content (AvgIpc) is 2.97. The number of carbonyl (C=O) groups is 2. The second-order valence-electron chi connectivity index (χ2n) is 4.65. The van der Waals surface area contributed by atoms with E-state index in [1.165, 1.54) is 24.3 Å². The van der Waals surface area contributed by atoms with Crippen molar-refractivity contribution in [2.24, 2.45) is 0 Å². The molecule has 0 unspecified atom stereocenters. The zero-order valence-electron chi connectivity index (χ0n) is 11.4. The van der Waals surface area contributed by atoms with E-state index in [9.17, 15) is 14.0 Å². The van der Waals surface area contributed by atoms with Gasteiger partial charge in [0.15, 0.2) is 12.4 Å². The maximum atomic E-state index is 12.8. The summed E-state index contributed by atoms with van der Waals surface area (Å²) < 4.78 is 23.1. The SMILES string of the molecule is O=C(COC(=O)c1cc2ccccc2o1)c1ccc(F)cc1. The quantitative estimate of drug-likeness (QED) is 0.545. The first-order chi connectivity index (χ1) is 10.6. The van der Waals surface area contributed by atoms with Crippen LogP contribution < -0.4 is 0 Å². The average molecular weight is 298 g/mol. The van der Waals surface area contributed by atoms with Crippen LogP contribution in [0, 0.1) is 5.82 Å². The molecule has 22 heavy (non-hydrogen) atoms. The Morgan fingerprint density at radius 3 is 2.50 bits per heavy atom. The van der Waals surface area contributed by atoms with Crippen molar-refractivity contribution in [3.63, 3.8) is 0 Å². The standard InChI is InChI=1S/C17H11FO4/c18-13-7-5-11(6-8-13)14(19)10-21-17(20)16-9-12-3-1-2-4-15(12)22-16/h1-9H,10H2. The lowest BCUT2D eigenvalue weighted by Gasteiger charge is -2.02. The second-order valence-corrected chi connectivity index (χ2v) is 4.65. The molecule has 0 aliphatic carbocycles. The molecule has 0 amide bonds. The molecule has 110 valence electrons. The number of Topliss-reactive ketones (excluding diaryl/α,β-unsaturated/α-hetero) is 1. The van der Waals surface area contributed by atoms with Crippen LogP contribution in [0.2, 0.25) is 0 Å². The zero-order valence-corrected chi connectivity index (χ0v) is 11.4. The van der Waals surface area contributed by atoms with Crippen molar-refractivity contribution in [3.8, 4) is 0 Å². The van der Waals surface area contributed by atoms with Crippen LogP contribution in [0.1, 0.15) is 20.9 Å². The maximum Gasteiger partial charge on any atom is 0.374 e. The van der Waals surface area contributed by atoms with Crippen LogP contribution >= 0.6 is 0 Å². The lowest BCUT2D eigenvalue weighted by Crippen LogP contribution is -2.13. The minimum Gasteiger partial charge on any atom is -0.451 e. The monoisotopic (exact) mass is 298 g/mol. The molecule has 3 rings (SSSR count). The fraction of sp³-hybridized carbons (Fsp3) is 0.0588. The van der Waals surface area contributed by atoms with E-state index in [2.05, 4.69) is 0 Å². The summed E-state index contributed by atoms with van der Waals surface area (Å²) in [5.74, 6) is -1.53. The molecule has 5 heteroatoms. The van der Waals surface area contributed by atoms with Gasteiger partial charge in [0.05, 0.1) is 0 Å². The van der Waals surface area contributed by atoms with Gasteiger partial charge in [0, 0.05) is 10.9 Å². The molecule has 0 N–H and O–H groups in total. The van der Waals surface area contributed by atoms with Crippen LogP contribution in [0.5, 0.6) is 0 Å². The molecule has 0 atom stereocenters. The summed E-state index contributed by atoms with van der Waals surface area (Å²) in [4.78, 5) is 23.7. The fourth-order valence-corrected chi connectivity index (χ4v) is 2.00. The third-order valence-corrected chi connectivity index (χ3v) is 3.13. The van der Waals surface area contributed by atoms with E-state index < -0.39 is 24.2 Å². The van der Waals surface area contributed by atoms with Crippen molar-refractivity contribution in [1.29, 1.82) is 0 Å². The Labute approximate surface area is 125 Å². The molecule has 1 aromatic heterocycles. The Morgan fingerprint density at radius 1 is 1.05 bits per heavy atom. The summed E-state index contributed by atoms with van der Waals surface area (Å²) in [6.07, 6.45) is 0. The highest BCUT2D eigenvalue weighted by Gasteiger charge is 2.16. The Bertz CT molecular complexity index is 800. The number of ether oxygens (including phenoxy) is 1. The van der Waals surface area contributed by atoms with Crippen molar-refractivity contribution < 1.29 is 23.1 Å². The minimum atomic E-state index is -0.716. The van der Waals surface area contributed by atoms with Gasteiger partial charge >= 0.3 is 5.97 Å². The third kappa shape index (κ3) is 2.88. The van der Waals surface area contributed by atoms with Crippen LogP contribution in [0.4, 0.5) is 4.39 Å². The normalized spacial score (nSPS) is 10.6. The minimum absolute atomic E-state index is 0.0353. The summed E-state index contributed by atoms with van der Waals surface area (Å²) in [6.45, 7) is -0.429. The number of hydrogen-bond donors (Lipinski definition) is 0. The summed E-state index contributed by atoms with van der Waals surface area (Å²) in [6, 6.07) is 13.7. The predicted octanol–water partition coefficient (Wildman–Crippen LogP) is 3.61. The van der Waals surface area contributed by atoms with E-state index in [1.807, 2.05) is 6.07 Å². The van der Waals surface area contributed by atoms with Gasteiger partial charge < -0.3 is 9.15 Å². The van der Waals surface area contributed by atoms with Crippen molar-refractivity contribution in [2.75, 3.05) is 6.61 Å². The second kappa shape index (κ2) is 5.81. The van der Waals surface area contributed by atoms with Crippen LogP contribution in [0.15, 0.2) is 59.0 Å². The van der Waals surface area contributed by atoms with E-state index in [0.29, 0.717) is 5.58 Å². The van der Waals surface area contributed by atoms with Crippen molar-refractivity contribution in [3.05, 3.63) is 71.7 Å². The maximum absolute atomic E-state index is 12.8. The molecule has 4 nitrogen and oxygen atoms in total. The molecule has 3 aromatic rings. The van der Waals surface area contributed by atoms with E-state index in [0.717, 1.165) is 5.39 Å². The van der Waals surface area contributed by atoms with Crippen molar-refractivity contribution in [1.82, 2.24) is 0 Å². The molecular formula is C17H11FO4. The van der Waals surface area contributed by atoms with Gasteiger partial charge in [0.2, 0.25) is 5.76 Å². The molecule has 0 spiro atoms. The number of ketones is 1. The number of halogens is 1. The molecule has 1 heterocycles. The van der Waals surface area contributed by atoms with Crippen LogP contribution in [0.25, 0.3) is 11.0 Å². The molecule has 0 saturated heterocycles. The molecule has 0 bridgehead atoms. The van der Waals surface area contributed by atoms with Crippen molar-refractivity contribution >= 4 is 22.7 Å². The van der Waals surface area contributed by atoms with E-state index in [-0.39, 0.29) is 11.3 Å². The van der Waals surface area contributed by atoms with E-state index in [1.54, 1.807) is 24.3 Å². The van der Waals surface area contributed by atoms with Gasteiger partial charge in [-0.25, -0.2) is 9.18 Å². The first-order valence-corrected chi connectivity index (χ1v) is 6.58. The van der Waals surface area contributed by atoms with Gasteiger partial charge in [-0.3, -0.25) is 4.79 Å². The summed E-state index contributed by atoms with van der Waals surface area (Å²) in [5, 5.41) is 0.777. The van der Waals surface area contributed by atoms with Gasteiger partial charge in [0.1, 0.15) is 11.4 Å². The van der Waals surface area contributed by atoms with Gasteiger partial charge in [-0.1, -0.05) is 18.2 Å². The highest BCUT2D eigenvalue weighted by Crippen LogP contribution is 2.19. The van der Waals surface area contributed by atoms with Gasteiger partial charge in [0.25, 0.3) is 0 Å². The highest BCUT2D eigenvalue weighted by atomic mass is 19.1. The highest BCUT2D eigenvalue weighted by molar-refractivity contribution is 5.99. The number of furan rings is 1. The number of fused-ring (bicyclic) bond motifs is 1. The largest absolute Gasteiger partial charge is 0.451 e. The van der Waals surface area contributed by atoms with Gasteiger partial charge in [-0.15, -0.1) is 0 Å². The molecule has 2 aromatic carbocycles. The van der Waals surface area contributed by atoms with Crippen molar-refractivity contribution in [2.45, 2.75) is 0 Å². The molecule has 0 fully saturated rings. The predicted molar refractivity (Wildman–Crippen MR) is 77.2 cm³/mol. The van der Waals surface area contributed by atoms with Gasteiger partial charge in [-0.05, 0) is 36.4 Å². The molecular weight excluding hydrogens is 287 g/mol. The number of carbonyl (C=O) groups excluding carboxylic acids is 2. The van der Waals surface area contributed by atoms with Crippen LogP contribution in [-0.2, 0) is 4.74 Å². The van der Waals surface area contributed by atoms with Crippen LogP contribution in [-0.4, -0.2) is 18.4 Å². The van der Waals surface area contributed by atoms with Gasteiger partial charge in [-0.2, -0.15) is 0 Å². The summed E-state index contributed by atoms with van der Waals surface area (Å²) in [5.41, 5.74) is 0.845. The van der Waals surface area contributed by atoms with Crippen LogP contribution in [0.3, 0.4) is 0 Å².